The molecule has 0 saturated carbocycles. The zero-order chi connectivity index (χ0) is 13.0. The van der Waals surface area contributed by atoms with E-state index in [1.54, 1.807) is 13.8 Å². The highest BCUT2D eigenvalue weighted by molar-refractivity contribution is 5.93. The number of hydrogen-bond acceptors (Lipinski definition) is 4. The largest absolute Gasteiger partial charge is 0.480 e. The Kier molecular flexibility index (Phi) is 4.19. The minimum atomic E-state index is -1.07. The number of carbonyl (C=O) groups is 2. The van der Waals surface area contributed by atoms with Crippen LogP contribution < -0.4 is 5.32 Å². The first kappa shape index (κ1) is 13.1. The average Bonchev–Trinajstić information content (AvgIpc) is 2.73. The lowest BCUT2D eigenvalue weighted by molar-refractivity contribution is -0.140. The van der Waals surface area contributed by atoms with Crippen molar-refractivity contribution in [3.63, 3.8) is 0 Å². The van der Waals surface area contributed by atoms with E-state index in [0.29, 0.717) is 12.2 Å². The van der Waals surface area contributed by atoms with E-state index in [4.69, 9.17) is 5.11 Å². The highest BCUT2D eigenvalue weighted by atomic mass is 16.4. The van der Waals surface area contributed by atoms with Gasteiger partial charge in [0, 0.05) is 6.42 Å². The molecule has 7 nitrogen and oxygen atoms in total. The number of carboxylic acid groups (broad SMARTS) is 1. The average molecular weight is 240 g/mol. The number of rotatable bonds is 5. The summed E-state index contributed by atoms with van der Waals surface area (Å²) in [6.07, 6.45) is 0.632. The van der Waals surface area contributed by atoms with Gasteiger partial charge >= 0.3 is 5.97 Å². The molecule has 1 aromatic rings. The minimum Gasteiger partial charge on any atom is -0.480 e. The molecule has 0 aliphatic rings. The van der Waals surface area contributed by atoms with Crippen molar-refractivity contribution in [2.45, 2.75) is 33.2 Å². The van der Waals surface area contributed by atoms with E-state index in [9.17, 15) is 9.59 Å². The second-order valence-corrected chi connectivity index (χ2v) is 3.99. The Bertz CT molecular complexity index is 413. The van der Waals surface area contributed by atoms with Crippen LogP contribution in [0.5, 0.6) is 0 Å². The molecule has 0 radical (unpaired) electrons. The lowest BCUT2D eigenvalue weighted by Gasteiger charge is -2.16. The molecule has 1 amide bonds. The summed E-state index contributed by atoms with van der Waals surface area (Å²) < 4.78 is 0. The first-order valence-corrected chi connectivity index (χ1v) is 5.40. The number of carboxylic acids is 1. The van der Waals surface area contributed by atoms with Crippen LogP contribution in [0.2, 0.25) is 0 Å². The highest BCUT2D eigenvalue weighted by Gasteiger charge is 2.25. The molecule has 0 aromatic carbocycles. The first-order valence-electron chi connectivity index (χ1n) is 5.40. The van der Waals surface area contributed by atoms with Gasteiger partial charge in [-0.3, -0.25) is 9.89 Å². The van der Waals surface area contributed by atoms with Gasteiger partial charge in [0.05, 0.1) is 0 Å². The molecular weight excluding hydrogens is 224 g/mol. The highest BCUT2D eigenvalue weighted by Crippen LogP contribution is 2.03. The van der Waals surface area contributed by atoms with Gasteiger partial charge in [-0.2, -0.15) is 0 Å². The Morgan fingerprint density at radius 2 is 2.12 bits per heavy atom. The van der Waals surface area contributed by atoms with Gasteiger partial charge in [0.2, 0.25) is 5.82 Å². The van der Waals surface area contributed by atoms with Gasteiger partial charge in [-0.1, -0.05) is 20.8 Å². The Labute approximate surface area is 98.6 Å². The number of aromatic nitrogens is 3. The predicted molar refractivity (Wildman–Crippen MR) is 59.5 cm³/mol. The van der Waals surface area contributed by atoms with E-state index in [2.05, 4.69) is 20.5 Å². The SMILES string of the molecule is CCc1nc(C(=O)NC(C(=O)O)C(C)C)n[nH]1. The number of amides is 1. The molecule has 0 fully saturated rings. The number of carbonyl (C=O) groups excluding carboxylic acids is 1. The predicted octanol–water partition coefficient (Wildman–Crippen LogP) is 0.206. The van der Waals surface area contributed by atoms with Crippen molar-refractivity contribution >= 4 is 11.9 Å². The summed E-state index contributed by atoms with van der Waals surface area (Å²) in [5.74, 6) is -1.30. The quantitative estimate of drug-likeness (QED) is 0.681. The summed E-state index contributed by atoms with van der Waals surface area (Å²) in [6, 6.07) is -0.939. The lowest BCUT2D eigenvalue weighted by Crippen LogP contribution is -2.44. The summed E-state index contributed by atoms with van der Waals surface area (Å²) in [6.45, 7) is 5.30. The van der Waals surface area contributed by atoms with Gasteiger partial charge in [-0.25, -0.2) is 9.78 Å². The summed E-state index contributed by atoms with van der Waals surface area (Å²) >= 11 is 0. The maximum Gasteiger partial charge on any atom is 0.326 e. The van der Waals surface area contributed by atoms with E-state index in [1.165, 1.54) is 0 Å². The zero-order valence-corrected chi connectivity index (χ0v) is 10.0. The van der Waals surface area contributed by atoms with Crippen molar-refractivity contribution in [1.29, 1.82) is 0 Å². The van der Waals surface area contributed by atoms with Gasteiger partial charge in [-0.15, -0.1) is 5.10 Å². The van der Waals surface area contributed by atoms with Crippen LogP contribution in [-0.2, 0) is 11.2 Å². The molecule has 0 saturated heterocycles. The molecule has 3 N–H and O–H groups in total. The van der Waals surface area contributed by atoms with Crippen molar-refractivity contribution in [2.24, 2.45) is 5.92 Å². The minimum absolute atomic E-state index is 0.0336. The number of nitrogens with one attached hydrogen (secondary N) is 2. The van der Waals surface area contributed by atoms with Crippen LogP contribution >= 0.6 is 0 Å². The van der Waals surface area contributed by atoms with Crippen LogP contribution in [0.3, 0.4) is 0 Å². The second kappa shape index (κ2) is 5.42. The number of nitrogens with zero attached hydrogens (tertiary/aromatic N) is 2. The summed E-state index contributed by atoms with van der Waals surface area (Å²) in [5.41, 5.74) is 0. The number of hydrogen-bond donors (Lipinski definition) is 3. The van der Waals surface area contributed by atoms with Crippen LogP contribution in [0.1, 0.15) is 37.2 Å². The van der Waals surface area contributed by atoms with Crippen molar-refractivity contribution in [2.75, 3.05) is 0 Å². The molecule has 0 aliphatic heterocycles. The maximum absolute atomic E-state index is 11.7. The maximum atomic E-state index is 11.7. The Balaban J connectivity index is 2.73. The third kappa shape index (κ3) is 3.27. The third-order valence-electron chi connectivity index (χ3n) is 2.29. The number of aryl methyl sites for hydroxylation is 1. The first-order chi connectivity index (χ1) is 7.95. The van der Waals surface area contributed by atoms with Crippen LogP contribution in [0, 0.1) is 5.92 Å². The Hall–Kier alpha value is -1.92. The fourth-order valence-corrected chi connectivity index (χ4v) is 1.27. The van der Waals surface area contributed by atoms with Gasteiger partial charge in [0.1, 0.15) is 11.9 Å². The van der Waals surface area contributed by atoms with E-state index in [-0.39, 0.29) is 11.7 Å². The topological polar surface area (TPSA) is 108 Å². The molecule has 1 aromatic heterocycles. The van der Waals surface area contributed by atoms with Crippen LogP contribution in [0.4, 0.5) is 0 Å². The summed E-state index contributed by atoms with van der Waals surface area (Å²) in [5, 5.41) is 17.6. The van der Waals surface area contributed by atoms with E-state index >= 15 is 0 Å². The molecule has 17 heavy (non-hydrogen) atoms. The molecule has 1 rings (SSSR count). The lowest BCUT2D eigenvalue weighted by atomic mass is 10.1. The molecular formula is C10H16N4O3. The summed E-state index contributed by atoms with van der Waals surface area (Å²) in [7, 11) is 0. The van der Waals surface area contributed by atoms with Gasteiger partial charge < -0.3 is 10.4 Å². The molecule has 0 spiro atoms. The fraction of sp³-hybridized carbons (Fsp3) is 0.600. The normalized spacial score (nSPS) is 12.5. The molecule has 1 atom stereocenters. The van der Waals surface area contributed by atoms with Gasteiger partial charge in [-0.05, 0) is 5.92 Å². The van der Waals surface area contributed by atoms with Crippen molar-refractivity contribution in [3.8, 4) is 0 Å². The zero-order valence-electron chi connectivity index (χ0n) is 10.0. The molecule has 0 aliphatic carbocycles. The molecule has 7 heteroatoms. The monoisotopic (exact) mass is 240 g/mol. The van der Waals surface area contributed by atoms with Crippen molar-refractivity contribution in [3.05, 3.63) is 11.6 Å². The third-order valence-corrected chi connectivity index (χ3v) is 2.29. The number of aromatic amines is 1. The number of aliphatic carboxylic acids is 1. The molecule has 94 valence electrons. The van der Waals surface area contributed by atoms with Crippen LogP contribution in [0.25, 0.3) is 0 Å². The summed E-state index contributed by atoms with van der Waals surface area (Å²) in [4.78, 5) is 26.5. The molecule has 0 bridgehead atoms. The standard InChI is InChI=1S/C10H16N4O3/c1-4-6-11-8(14-13-6)9(15)12-7(5(2)3)10(16)17/h5,7H,4H2,1-3H3,(H,12,15)(H,16,17)(H,11,13,14). The van der Waals surface area contributed by atoms with Gasteiger partial charge in [0.15, 0.2) is 0 Å². The number of H-pyrrole nitrogens is 1. The van der Waals surface area contributed by atoms with Crippen LogP contribution in [-0.4, -0.2) is 38.2 Å². The van der Waals surface area contributed by atoms with E-state index in [0.717, 1.165) is 0 Å². The molecule has 1 heterocycles. The van der Waals surface area contributed by atoms with Crippen molar-refractivity contribution < 1.29 is 14.7 Å². The van der Waals surface area contributed by atoms with Gasteiger partial charge in [0.25, 0.3) is 5.91 Å². The van der Waals surface area contributed by atoms with Crippen LogP contribution in [0.15, 0.2) is 0 Å². The second-order valence-electron chi connectivity index (χ2n) is 3.99. The smallest absolute Gasteiger partial charge is 0.326 e. The Morgan fingerprint density at radius 3 is 2.53 bits per heavy atom. The van der Waals surface area contributed by atoms with E-state index in [1.807, 2.05) is 6.92 Å². The van der Waals surface area contributed by atoms with E-state index < -0.39 is 17.9 Å². The fourth-order valence-electron chi connectivity index (χ4n) is 1.27. The molecule has 1 unspecified atom stereocenters. The van der Waals surface area contributed by atoms with Crippen molar-refractivity contribution in [1.82, 2.24) is 20.5 Å². The Morgan fingerprint density at radius 1 is 1.47 bits per heavy atom.